The first-order valence-corrected chi connectivity index (χ1v) is 5.44. The van der Waals surface area contributed by atoms with E-state index in [-0.39, 0.29) is 5.60 Å². The molecule has 0 saturated carbocycles. The molecule has 0 fully saturated rings. The van der Waals surface area contributed by atoms with E-state index in [9.17, 15) is 0 Å². The van der Waals surface area contributed by atoms with E-state index in [0.29, 0.717) is 29.8 Å². The first-order chi connectivity index (χ1) is 7.38. The Labute approximate surface area is 101 Å². The lowest BCUT2D eigenvalue weighted by molar-refractivity contribution is -0.0167. The SMILES string of the molecule is CC(C)(C)OCCOc1ncc(Cl)cc1N. The zero-order chi connectivity index (χ0) is 12.2. The number of nitrogens with two attached hydrogens (primary N) is 1. The Morgan fingerprint density at radius 3 is 2.62 bits per heavy atom. The van der Waals surface area contributed by atoms with Crippen LogP contribution in [0.15, 0.2) is 12.3 Å². The van der Waals surface area contributed by atoms with E-state index < -0.39 is 0 Å². The highest BCUT2D eigenvalue weighted by Crippen LogP contribution is 2.21. The lowest BCUT2D eigenvalue weighted by atomic mass is 10.2. The van der Waals surface area contributed by atoms with Crippen LogP contribution in [0.3, 0.4) is 0 Å². The van der Waals surface area contributed by atoms with Gasteiger partial charge in [-0.15, -0.1) is 0 Å². The van der Waals surface area contributed by atoms with Gasteiger partial charge in [0.25, 0.3) is 0 Å². The Kier molecular flexibility index (Phi) is 4.38. The summed E-state index contributed by atoms with van der Waals surface area (Å²) in [7, 11) is 0. The van der Waals surface area contributed by atoms with Crippen LogP contribution in [-0.4, -0.2) is 23.8 Å². The summed E-state index contributed by atoms with van der Waals surface area (Å²) < 4.78 is 10.9. The average Bonchev–Trinajstić information content (AvgIpc) is 2.13. The molecule has 0 aromatic carbocycles. The second-order valence-corrected chi connectivity index (χ2v) is 4.79. The van der Waals surface area contributed by atoms with E-state index in [4.69, 9.17) is 26.8 Å². The smallest absolute Gasteiger partial charge is 0.237 e. The minimum Gasteiger partial charge on any atom is -0.474 e. The summed E-state index contributed by atoms with van der Waals surface area (Å²) in [5.74, 6) is 0.391. The molecule has 0 atom stereocenters. The molecule has 0 aliphatic carbocycles. The Hall–Kier alpha value is -1.00. The summed E-state index contributed by atoms with van der Waals surface area (Å²) >= 11 is 5.72. The maximum atomic E-state index is 5.72. The molecule has 1 aromatic heterocycles. The van der Waals surface area contributed by atoms with Crippen molar-refractivity contribution in [2.45, 2.75) is 26.4 Å². The van der Waals surface area contributed by atoms with E-state index in [0.717, 1.165) is 0 Å². The van der Waals surface area contributed by atoms with Crippen molar-refractivity contribution < 1.29 is 9.47 Å². The van der Waals surface area contributed by atoms with E-state index in [1.807, 2.05) is 20.8 Å². The minimum absolute atomic E-state index is 0.164. The highest BCUT2D eigenvalue weighted by Gasteiger charge is 2.10. The van der Waals surface area contributed by atoms with Crippen LogP contribution < -0.4 is 10.5 Å². The number of hydrogen-bond acceptors (Lipinski definition) is 4. The molecule has 4 nitrogen and oxygen atoms in total. The highest BCUT2D eigenvalue weighted by atomic mass is 35.5. The standard InChI is InChI=1S/C11H17ClN2O2/c1-11(2,3)16-5-4-15-10-9(13)6-8(12)7-14-10/h6-7H,4-5,13H2,1-3H3. The molecule has 1 heterocycles. The van der Waals surface area contributed by atoms with Gasteiger partial charge in [-0.05, 0) is 26.8 Å². The van der Waals surface area contributed by atoms with Crippen LogP contribution in [-0.2, 0) is 4.74 Å². The highest BCUT2D eigenvalue weighted by molar-refractivity contribution is 6.30. The van der Waals surface area contributed by atoms with Crippen molar-refractivity contribution in [3.05, 3.63) is 17.3 Å². The summed E-state index contributed by atoms with van der Waals surface area (Å²) in [4.78, 5) is 3.98. The summed E-state index contributed by atoms with van der Waals surface area (Å²) in [6, 6.07) is 1.61. The number of hydrogen-bond donors (Lipinski definition) is 1. The van der Waals surface area contributed by atoms with Crippen molar-refractivity contribution in [1.82, 2.24) is 4.98 Å². The van der Waals surface area contributed by atoms with Gasteiger partial charge < -0.3 is 15.2 Å². The molecule has 0 amide bonds. The van der Waals surface area contributed by atoms with Gasteiger partial charge in [-0.1, -0.05) is 11.6 Å². The third-order valence-electron chi connectivity index (χ3n) is 1.70. The molecule has 16 heavy (non-hydrogen) atoms. The first-order valence-electron chi connectivity index (χ1n) is 5.06. The Balaban J connectivity index is 2.38. The predicted molar refractivity (Wildman–Crippen MR) is 64.9 cm³/mol. The van der Waals surface area contributed by atoms with Crippen molar-refractivity contribution in [2.75, 3.05) is 18.9 Å². The summed E-state index contributed by atoms with van der Waals surface area (Å²) in [5, 5.41) is 0.496. The molecule has 90 valence electrons. The molecular weight excluding hydrogens is 228 g/mol. The van der Waals surface area contributed by atoms with Crippen LogP contribution in [0.5, 0.6) is 5.88 Å². The first kappa shape index (κ1) is 13.1. The van der Waals surface area contributed by atoms with Gasteiger partial charge in [-0.3, -0.25) is 0 Å². The van der Waals surface area contributed by atoms with Crippen molar-refractivity contribution in [3.63, 3.8) is 0 Å². The second-order valence-electron chi connectivity index (χ2n) is 4.36. The molecule has 5 heteroatoms. The monoisotopic (exact) mass is 244 g/mol. The fraction of sp³-hybridized carbons (Fsp3) is 0.545. The summed E-state index contributed by atoms with van der Waals surface area (Å²) in [6.45, 7) is 6.87. The minimum atomic E-state index is -0.164. The molecule has 1 aromatic rings. The van der Waals surface area contributed by atoms with Gasteiger partial charge >= 0.3 is 0 Å². The number of aromatic nitrogens is 1. The lowest BCUT2D eigenvalue weighted by Crippen LogP contribution is -2.22. The topological polar surface area (TPSA) is 57.4 Å². The number of nitrogen functional groups attached to an aromatic ring is 1. The van der Waals surface area contributed by atoms with Crippen molar-refractivity contribution in [2.24, 2.45) is 0 Å². The largest absolute Gasteiger partial charge is 0.474 e. The van der Waals surface area contributed by atoms with Crippen molar-refractivity contribution in [1.29, 1.82) is 0 Å². The third kappa shape index (κ3) is 4.68. The van der Waals surface area contributed by atoms with Crippen LogP contribution >= 0.6 is 11.6 Å². The normalized spacial score (nSPS) is 11.5. The quantitative estimate of drug-likeness (QED) is 0.827. The van der Waals surface area contributed by atoms with Gasteiger partial charge in [0, 0.05) is 6.20 Å². The number of rotatable bonds is 4. The number of nitrogens with zero attached hydrogens (tertiary/aromatic N) is 1. The fourth-order valence-corrected chi connectivity index (χ4v) is 1.22. The molecule has 0 aliphatic heterocycles. The van der Waals surface area contributed by atoms with Crippen LogP contribution in [0, 0.1) is 0 Å². The van der Waals surface area contributed by atoms with Crippen LogP contribution in [0.1, 0.15) is 20.8 Å². The Bertz CT molecular complexity index is 350. The molecule has 2 N–H and O–H groups in total. The molecule has 0 aliphatic rings. The van der Waals surface area contributed by atoms with E-state index >= 15 is 0 Å². The van der Waals surface area contributed by atoms with E-state index in [2.05, 4.69) is 4.98 Å². The van der Waals surface area contributed by atoms with Gasteiger partial charge in [0.1, 0.15) is 6.61 Å². The molecule has 0 spiro atoms. The van der Waals surface area contributed by atoms with Gasteiger partial charge in [0.2, 0.25) is 5.88 Å². The molecule has 0 unspecified atom stereocenters. The van der Waals surface area contributed by atoms with E-state index in [1.54, 1.807) is 6.07 Å². The molecule has 0 radical (unpaired) electrons. The number of pyridine rings is 1. The molecule has 0 bridgehead atoms. The third-order valence-corrected chi connectivity index (χ3v) is 1.91. The van der Waals surface area contributed by atoms with Crippen LogP contribution in [0.25, 0.3) is 0 Å². The molecular formula is C11H17ClN2O2. The zero-order valence-corrected chi connectivity index (χ0v) is 10.5. The van der Waals surface area contributed by atoms with Gasteiger partial charge in [0.15, 0.2) is 0 Å². The molecule has 1 rings (SSSR count). The lowest BCUT2D eigenvalue weighted by Gasteiger charge is -2.19. The average molecular weight is 245 g/mol. The Morgan fingerprint density at radius 2 is 2.06 bits per heavy atom. The summed E-state index contributed by atoms with van der Waals surface area (Å²) in [5.41, 5.74) is 5.95. The second kappa shape index (κ2) is 5.37. The zero-order valence-electron chi connectivity index (χ0n) is 9.79. The van der Waals surface area contributed by atoms with Crippen LogP contribution in [0.2, 0.25) is 5.02 Å². The number of anilines is 1. The van der Waals surface area contributed by atoms with Gasteiger partial charge in [-0.25, -0.2) is 4.98 Å². The Morgan fingerprint density at radius 1 is 1.38 bits per heavy atom. The maximum Gasteiger partial charge on any atom is 0.237 e. The van der Waals surface area contributed by atoms with Crippen LogP contribution in [0.4, 0.5) is 5.69 Å². The van der Waals surface area contributed by atoms with E-state index in [1.165, 1.54) is 6.20 Å². The van der Waals surface area contributed by atoms with Crippen molar-refractivity contribution >= 4 is 17.3 Å². The fourth-order valence-electron chi connectivity index (χ4n) is 1.05. The maximum absolute atomic E-state index is 5.72. The van der Waals surface area contributed by atoms with Gasteiger partial charge in [0.05, 0.1) is 22.9 Å². The summed E-state index contributed by atoms with van der Waals surface area (Å²) in [6.07, 6.45) is 1.50. The van der Waals surface area contributed by atoms with Crippen molar-refractivity contribution in [3.8, 4) is 5.88 Å². The predicted octanol–water partition coefficient (Wildman–Crippen LogP) is 2.51. The number of ether oxygens (including phenoxy) is 2. The molecule has 0 saturated heterocycles. The van der Waals surface area contributed by atoms with Gasteiger partial charge in [-0.2, -0.15) is 0 Å². The number of halogens is 1.